The Kier molecular flexibility index (Phi) is 4.90. The minimum atomic E-state index is -0.211. The van der Waals surface area contributed by atoms with Crippen molar-refractivity contribution in [2.24, 2.45) is 0 Å². The second-order valence-electron chi connectivity index (χ2n) is 3.89. The minimum Gasteiger partial charge on any atom is -0.305 e. The summed E-state index contributed by atoms with van der Waals surface area (Å²) >= 11 is 11.7. The first-order valence-corrected chi connectivity index (χ1v) is 6.08. The Balaban J connectivity index is 2.49. The summed E-state index contributed by atoms with van der Waals surface area (Å²) in [6.07, 6.45) is 3.88. The third-order valence-electron chi connectivity index (χ3n) is 2.32. The van der Waals surface area contributed by atoms with E-state index >= 15 is 0 Å². The lowest BCUT2D eigenvalue weighted by atomic mass is 10.1. The number of nitrogens with one attached hydrogen (secondary N) is 1. The van der Waals surface area contributed by atoms with Gasteiger partial charge in [-0.25, -0.2) is 0 Å². The molecule has 0 amide bonds. The molecule has 1 aromatic rings. The molecule has 0 atom stereocenters. The predicted octanol–water partition coefficient (Wildman–Crippen LogP) is 2.23. The van der Waals surface area contributed by atoms with Gasteiger partial charge in [0.25, 0.3) is 0 Å². The number of aryl methyl sites for hydroxylation is 1. The molecule has 0 bridgehead atoms. The van der Waals surface area contributed by atoms with E-state index in [1.807, 2.05) is 24.0 Å². The van der Waals surface area contributed by atoms with Crippen molar-refractivity contribution in [3.63, 3.8) is 0 Å². The molecule has 1 rings (SSSR count). The maximum atomic E-state index is 5.84. The van der Waals surface area contributed by atoms with Crippen molar-refractivity contribution in [3.8, 4) is 0 Å². The Bertz CT molecular complexity index is 295. The van der Waals surface area contributed by atoms with Crippen LogP contribution in [0.15, 0.2) is 12.4 Å². The molecule has 0 aliphatic carbocycles. The van der Waals surface area contributed by atoms with E-state index in [0.29, 0.717) is 11.8 Å². The molecule has 0 saturated carbocycles. The van der Waals surface area contributed by atoms with Crippen LogP contribution in [0.4, 0.5) is 0 Å². The van der Waals surface area contributed by atoms with Crippen LogP contribution >= 0.6 is 23.2 Å². The summed E-state index contributed by atoms with van der Waals surface area (Å²) in [5.74, 6) is 0.997. The Morgan fingerprint density at radius 2 is 2.13 bits per heavy atom. The van der Waals surface area contributed by atoms with E-state index < -0.39 is 0 Å². The molecular formula is C10H17Cl2N3. The summed E-state index contributed by atoms with van der Waals surface area (Å²) in [6, 6.07) is 0. The lowest BCUT2D eigenvalue weighted by molar-refractivity contribution is 0.435. The normalized spacial score (nSPS) is 12.0. The second kappa shape index (κ2) is 5.73. The van der Waals surface area contributed by atoms with Gasteiger partial charge in [0.15, 0.2) is 0 Å². The highest BCUT2D eigenvalue weighted by atomic mass is 35.5. The van der Waals surface area contributed by atoms with E-state index in [1.54, 1.807) is 0 Å². The fourth-order valence-corrected chi connectivity index (χ4v) is 1.59. The van der Waals surface area contributed by atoms with Crippen LogP contribution in [-0.2, 0) is 13.1 Å². The van der Waals surface area contributed by atoms with E-state index in [9.17, 15) is 0 Å². The molecule has 0 unspecified atom stereocenters. The van der Waals surface area contributed by atoms with Crippen LogP contribution in [0.2, 0.25) is 0 Å². The summed E-state index contributed by atoms with van der Waals surface area (Å²) < 4.78 is 1.90. The molecule has 86 valence electrons. The van der Waals surface area contributed by atoms with E-state index in [0.717, 1.165) is 18.7 Å². The zero-order valence-electron chi connectivity index (χ0n) is 9.13. The Morgan fingerprint density at radius 3 is 2.60 bits per heavy atom. The van der Waals surface area contributed by atoms with Crippen LogP contribution in [0.5, 0.6) is 0 Å². The number of hydrogen-bond acceptors (Lipinski definition) is 2. The van der Waals surface area contributed by atoms with Gasteiger partial charge in [0.2, 0.25) is 0 Å². The summed E-state index contributed by atoms with van der Waals surface area (Å²) in [5.41, 5.74) is 0.940. The number of rotatable bonds is 6. The van der Waals surface area contributed by atoms with Gasteiger partial charge < -0.3 is 5.32 Å². The maximum Gasteiger partial charge on any atom is 0.0534 e. The first-order chi connectivity index (χ1) is 7.13. The van der Waals surface area contributed by atoms with Crippen molar-refractivity contribution in [3.05, 3.63) is 18.0 Å². The van der Waals surface area contributed by atoms with Crippen LogP contribution in [0.25, 0.3) is 0 Å². The van der Waals surface area contributed by atoms with Gasteiger partial charge >= 0.3 is 0 Å². The monoisotopic (exact) mass is 249 g/mol. The number of alkyl halides is 2. The van der Waals surface area contributed by atoms with Crippen molar-refractivity contribution in [2.75, 3.05) is 11.8 Å². The van der Waals surface area contributed by atoms with Gasteiger partial charge in [0.1, 0.15) is 0 Å². The second-order valence-corrected chi connectivity index (χ2v) is 4.42. The van der Waals surface area contributed by atoms with Gasteiger partial charge in [0, 0.05) is 42.1 Å². The fourth-order valence-electron chi connectivity index (χ4n) is 1.12. The molecular weight excluding hydrogens is 233 g/mol. The first-order valence-electron chi connectivity index (χ1n) is 5.02. The standard InChI is InChI=1S/C10H17Cl2N3/c1-3-15-6-9(5-14-15)4-13-10(2,7-11)8-12/h5-6,13H,3-4,7-8H2,1-2H3. The van der Waals surface area contributed by atoms with Gasteiger partial charge in [-0.3, -0.25) is 4.68 Å². The third kappa shape index (κ3) is 3.67. The van der Waals surface area contributed by atoms with Crippen molar-refractivity contribution in [1.82, 2.24) is 15.1 Å². The molecule has 0 aromatic carbocycles. The zero-order valence-corrected chi connectivity index (χ0v) is 10.6. The minimum absolute atomic E-state index is 0.211. The molecule has 15 heavy (non-hydrogen) atoms. The number of nitrogens with zero attached hydrogens (tertiary/aromatic N) is 2. The SMILES string of the molecule is CCn1cc(CNC(C)(CCl)CCl)cn1. The lowest BCUT2D eigenvalue weighted by Crippen LogP contribution is -2.45. The quantitative estimate of drug-likeness (QED) is 0.784. The van der Waals surface area contributed by atoms with E-state index in [1.165, 1.54) is 0 Å². The van der Waals surface area contributed by atoms with Gasteiger partial charge in [-0.1, -0.05) is 0 Å². The summed E-state index contributed by atoms with van der Waals surface area (Å²) in [5, 5.41) is 7.53. The van der Waals surface area contributed by atoms with Crippen LogP contribution in [0, 0.1) is 0 Å². The summed E-state index contributed by atoms with van der Waals surface area (Å²) in [6.45, 7) is 5.71. The van der Waals surface area contributed by atoms with E-state index in [-0.39, 0.29) is 5.54 Å². The first kappa shape index (κ1) is 12.8. The van der Waals surface area contributed by atoms with Crippen molar-refractivity contribution in [1.29, 1.82) is 0 Å². The number of aromatic nitrogens is 2. The lowest BCUT2D eigenvalue weighted by Gasteiger charge is -2.25. The van der Waals surface area contributed by atoms with Crippen LogP contribution < -0.4 is 5.32 Å². The van der Waals surface area contributed by atoms with Crippen molar-refractivity contribution < 1.29 is 0 Å². The topological polar surface area (TPSA) is 29.9 Å². The molecule has 3 nitrogen and oxygen atoms in total. The van der Waals surface area contributed by atoms with Crippen LogP contribution in [0.3, 0.4) is 0 Å². The van der Waals surface area contributed by atoms with Crippen molar-refractivity contribution >= 4 is 23.2 Å². The molecule has 1 aromatic heterocycles. The molecule has 0 aliphatic rings. The maximum absolute atomic E-state index is 5.84. The third-order valence-corrected chi connectivity index (χ3v) is 3.50. The molecule has 0 spiro atoms. The predicted molar refractivity (Wildman–Crippen MR) is 64.6 cm³/mol. The highest BCUT2D eigenvalue weighted by Gasteiger charge is 2.20. The molecule has 0 aliphatic heterocycles. The number of hydrogen-bond donors (Lipinski definition) is 1. The largest absolute Gasteiger partial charge is 0.305 e. The molecule has 0 saturated heterocycles. The van der Waals surface area contributed by atoms with E-state index in [2.05, 4.69) is 17.3 Å². The highest BCUT2D eigenvalue weighted by Crippen LogP contribution is 2.10. The zero-order chi connectivity index (χ0) is 11.3. The fraction of sp³-hybridized carbons (Fsp3) is 0.700. The Labute approximate surface area is 101 Å². The molecule has 0 fully saturated rings. The number of halogens is 2. The van der Waals surface area contributed by atoms with Crippen LogP contribution in [0.1, 0.15) is 19.4 Å². The van der Waals surface area contributed by atoms with Crippen LogP contribution in [-0.4, -0.2) is 27.1 Å². The average molecular weight is 250 g/mol. The van der Waals surface area contributed by atoms with Gasteiger partial charge in [-0.15, -0.1) is 23.2 Å². The summed E-state index contributed by atoms with van der Waals surface area (Å²) in [4.78, 5) is 0. The molecule has 1 N–H and O–H groups in total. The van der Waals surface area contributed by atoms with Gasteiger partial charge in [-0.2, -0.15) is 5.10 Å². The summed E-state index contributed by atoms with van der Waals surface area (Å²) in [7, 11) is 0. The molecule has 0 radical (unpaired) electrons. The molecule has 5 heteroatoms. The average Bonchev–Trinajstić information content (AvgIpc) is 2.74. The van der Waals surface area contributed by atoms with Crippen molar-refractivity contribution in [2.45, 2.75) is 32.5 Å². The van der Waals surface area contributed by atoms with Gasteiger partial charge in [0.05, 0.1) is 6.20 Å². The smallest absolute Gasteiger partial charge is 0.0534 e. The van der Waals surface area contributed by atoms with E-state index in [4.69, 9.17) is 23.2 Å². The Morgan fingerprint density at radius 1 is 1.47 bits per heavy atom. The Hall–Kier alpha value is -0.250. The van der Waals surface area contributed by atoms with Gasteiger partial charge in [-0.05, 0) is 13.8 Å². The highest BCUT2D eigenvalue weighted by molar-refractivity contribution is 6.22. The molecule has 1 heterocycles.